The van der Waals surface area contributed by atoms with Gasteiger partial charge in [0.2, 0.25) is 0 Å². The second-order valence-electron chi connectivity index (χ2n) is 7.46. The summed E-state index contributed by atoms with van der Waals surface area (Å²) in [5.74, 6) is 0.478. The van der Waals surface area contributed by atoms with Crippen LogP contribution in [0.5, 0.6) is 5.75 Å². The van der Waals surface area contributed by atoms with Crippen molar-refractivity contribution in [3.63, 3.8) is 0 Å². The second-order valence-corrected chi connectivity index (χ2v) is 7.46. The average molecular weight is 396 g/mol. The summed E-state index contributed by atoms with van der Waals surface area (Å²) in [6.45, 7) is 1.20. The number of carbonyl (C=O) groups excluding carboxylic acids is 1. The van der Waals surface area contributed by atoms with Crippen LogP contribution in [0.3, 0.4) is 0 Å². The van der Waals surface area contributed by atoms with E-state index in [-0.39, 0.29) is 24.2 Å². The second kappa shape index (κ2) is 9.84. The van der Waals surface area contributed by atoms with E-state index in [9.17, 15) is 9.18 Å². The number of benzene rings is 1. The molecule has 1 heterocycles. The first-order chi connectivity index (χ1) is 13.4. The van der Waals surface area contributed by atoms with Gasteiger partial charge in [0.05, 0.1) is 13.2 Å². The Bertz CT molecular complexity index is 685. The van der Waals surface area contributed by atoms with Crippen LogP contribution in [0.15, 0.2) is 18.2 Å². The van der Waals surface area contributed by atoms with Gasteiger partial charge in [-0.3, -0.25) is 9.59 Å². The highest BCUT2D eigenvalue weighted by Crippen LogP contribution is 2.39. The van der Waals surface area contributed by atoms with E-state index in [1.807, 2.05) is 4.90 Å². The molecule has 0 radical (unpaired) electrons. The fraction of sp³-hybridized carbons (Fsp3) is 0.600. The van der Waals surface area contributed by atoms with E-state index >= 15 is 0 Å². The zero-order valence-electron chi connectivity index (χ0n) is 16.8. The van der Waals surface area contributed by atoms with Gasteiger partial charge in [0.15, 0.2) is 11.6 Å². The predicted molar refractivity (Wildman–Crippen MR) is 102 cm³/mol. The number of ether oxygens (including phenoxy) is 2. The van der Waals surface area contributed by atoms with Crippen LogP contribution in [0.25, 0.3) is 0 Å². The fourth-order valence-corrected chi connectivity index (χ4v) is 4.33. The largest absolute Gasteiger partial charge is 0.494 e. The number of hydrogen-bond donors (Lipinski definition) is 1. The Morgan fingerprint density at radius 3 is 2.36 bits per heavy atom. The number of carbonyl (C=O) groups is 2. The molecule has 8 heteroatoms. The summed E-state index contributed by atoms with van der Waals surface area (Å²) in [4.78, 5) is 25.2. The Kier molecular flexibility index (Phi) is 7.77. The first kappa shape index (κ1) is 22.1. The van der Waals surface area contributed by atoms with Gasteiger partial charge >= 0.3 is 0 Å². The summed E-state index contributed by atoms with van der Waals surface area (Å²) in [6, 6.07) is 4.78. The number of rotatable bonds is 4. The predicted octanol–water partition coefficient (Wildman–Crippen LogP) is 1.96. The highest BCUT2D eigenvalue weighted by atomic mass is 19.1. The highest BCUT2D eigenvalue weighted by Gasteiger charge is 2.44. The molecule has 2 aliphatic rings. The lowest BCUT2D eigenvalue weighted by Gasteiger charge is -2.40. The van der Waals surface area contributed by atoms with E-state index in [4.69, 9.17) is 19.4 Å². The van der Waals surface area contributed by atoms with Crippen molar-refractivity contribution in [2.24, 2.45) is 11.8 Å². The van der Waals surface area contributed by atoms with Crippen molar-refractivity contribution in [2.75, 3.05) is 41.4 Å². The van der Waals surface area contributed by atoms with Gasteiger partial charge in [-0.2, -0.15) is 0 Å². The molecule has 1 aromatic carbocycles. The lowest BCUT2D eigenvalue weighted by Crippen LogP contribution is -2.47. The van der Waals surface area contributed by atoms with E-state index in [1.54, 1.807) is 13.2 Å². The van der Waals surface area contributed by atoms with Crippen LogP contribution < -0.4 is 4.74 Å². The minimum Gasteiger partial charge on any atom is -0.494 e. The molecular formula is C20H29FN2O5. The number of hydrogen-bond acceptors (Lipinski definition) is 5. The third-order valence-electron chi connectivity index (χ3n) is 5.74. The van der Waals surface area contributed by atoms with E-state index in [2.05, 4.69) is 19.0 Å². The molecule has 0 aromatic heterocycles. The summed E-state index contributed by atoms with van der Waals surface area (Å²) < 4.78 is 24.5. The van der Waals surface area contributed by atoms with Crippen molar-refractivity contribution in [1.82, 2.24) is 9.80 Å². The molecule has 1 N–H and O–H groups in total. The van der Waals surface area contributed by atoms with E-state index in [1.165, 1.54) is 19.2 Å². The van der Waals surface area contributed by atoms with Gasteiger partial charge in [-0.05, 0) is 57.0 Å². The standard InChI is InChI=1S/C19H27FN2O3.CH2O2/c1-21(2)16-8-13-10-22(11-14(13)9-18(16)25-4)19(23)12-5-6-17(24-3)15(20)7-12;2-1-3/h5-7,13-14,16,18H,8-11H2,1-4H3;1H,(H,2,3)/t13-,14+,16-,18-;/m1./s1. The first-order valence-corrected chi connectivity index (χ1v) is 9.26. The molecule has 0 spiro atoms. The molecule has 1 aliphatic heterocycles. The first-order valence-electron chi connectivity index (χ1n) is 9.26. The Morgan fingerprint density at radius 1 is 1.25 bits per heavy atom. The maximum absolute atomic E-state index is 13.9. The number of likely N-dealkylation sites (tertiary alicyclic amines) is 1. The van der Waals surface area contributed by atoms with E-state index in [0.29, 0.717) is 23.4 Å². The van der Waals surface area contributed by atoms with E-state index in [0.717, 1.165) is 25.9 Å². The van der Waals surface area contributed by atoms with Crippen LogP contribution in [-0.4, -0.2) is 80.8 Å². The van der Waals surface area contributed by atoms with Crippen LogP contribution >= 0.6 is 0 Å². The topological polar surface area (TPSA) is 79.3 Å². The summed E-state index contributed by atoms with van der Waals surface area (Å²) in [5.41, 5.74) is 0.379. The molecule has 7 nitrogen and oxygen atoms in total. The molecule has 28 heavy (non-hydrogen) atoms. The zero-order chi connectivity index (χ0) is 20.8. The van der Waals surface area contributed by atoms with Crippen LogP contribution in [0.1, 0.15) is 23.2 Å². The quantitative estimate of drug-likeness (QED) is 0.784. The molecule has 0 bridgehead atoms. The molecule has 3 rings (SSSR count). The Morgan fingerprint density at radius 2 is 1.86 bits per heavy atom. The van der Waals surface area contributed by atoms with Crippen molar-refractivity contribution >= 4 is 12.4 Å². The van der Waals surface area contributed by atoms with Crippen LogP contribution in [0, 0.1) is 17.7 Å². The molecule has 1 aliphatic carbocycles. The fourth-order valence-electron chi connectivity index (χ4n) is 4.33. The lowest BCUT2D eigenvalue weighted by molar-refractivity contribution is -0.122. The van der Waals surface area contributed by atoms with Gasteiger partial charge in [0.25, 0.3) is 12.4 Å². The minimum absolute atomic E-state index is 0.105. The number of halogens is 1. The Balaban J connectivity index is 0.000000878. The number of nitrogens with zero attached hydrogens (tertiary/aromatic N) is 2. The molecule has 4 atom stereocenters. The number of amides is 1. The van der Waals surface area contributed by atoms with Crippen molar-refractivity contribution < 1.29 is 28.6 Å². The smallest absolute Gasteiger partial charge is 0.290 e. The van der Waals surface area contributed by atoms with Gasteiger partial charge in [-0.1, -0.05) is 0 Å². The minimum atomic E-state index is -0.503. The van der Waals surface area contributed by atoms with Crippen molar-refractivity contribution in [3.8, 4) is 5.75 Å². The van der Waals surface area contributed by atoms with Gasteiger partial charge in [0.1, 0.15) is 0 Å². The summed E-state index contributed by atoms with van der Waals surface area (Å²) in [6.07, 6.45) is 2.19. The normalized spacial score (nSPS) is 26.3. The molecule has 1 amide bonds. The Labute approximate surface area is 165 Å². The van der Waals surface area contributed by atoms with E-state index < -0.39 is 5.82 Å². The molecule has 0 unspecified atom stereocenters. The van der Waals surface area contributed by atoms with Gasteiger partial charge in [-0.15, -0.1) is 0 Å². The van der Waals surface area contributed by atoms with Gasteiger partial charge < -0.3 is 24.4 Å². The van der Waals surface area contributed by atoms with Crippen molar-refractivity contribution in [2.45, 2.75) is 25.0 Å². The third kappa shape index (κ3) is 4.80. The summed E-state index contributed by atoms with van der Waals surface area (Å²) >= 11 is 0. The molecular weight excluding hydrogens is 367 g/mol. The maximum atomic E-state index is 13.9. The number of methoxy groups -OCH3 is 2. The average Bonchev–Trinajstić information content (AvgIpc) is 3.09. The molecule has 1 saturated heterocycles. The van der Waals surface area contributed by atoms with Crippen LogP contribution in [0.2, 0.25) is 0 Å². The maximum Gasteiger partial charge on any atom is 0.290 e. The third-order valence-corrected chi connectivity index (χ3v) is 5.74. The number of likely N-dealkylation sites (N-methyl/N-ethyl adjacent to an activating group) is 1. The van der Waals surface area contributed by atoms with Crippen LogP contribution in [0.4, 0.5) is 4.39 Å². The molecule has 1 saturated carbocycles. The lowest BCUT2D eigenvalue weighted by atomic mass is 9.77. The number of fused-ring (bicyclic) bond motifs is 1. The molecule has 2 fully saturated rings. The van der Waals surface area contributed by atoms with Crippen molar-refractivity contribution in [3.05, 3.63) is 29.6 Å². The zero-order valence-corrected chi connectivity index (χ0v) is 16.8. The SMILES string of the molecule is COc1ccc(C(=O)N2C[C@H]3C[C@@H](N(C)C)[C@H](OC)C[C@H]3C2)cc1F.O=CO. The molecule has 156 valence electrons. The van der Waals surface area contributed by atoms with Gasteiger partial charge in [0, 0.05) is 31.8 Å². The summed E-state index contributed by atoms with van der Waals surface area (Å²) in [7, 11) is 7.34. The van der Waals surface area contributed by atoms with Crippen molar-refractivity contribution in [1.29, 1.82) is 0 Å². The monoisotopic (exact) mass is 396 g/mol. The Hall–Kier alpha value is -2.19. The van der Waals surface area contributed by atoms with Crippen LogP contribution in [-0.2, 0) is 9.53 Å². The van der Waals surface area contributed by atoms with Gasteiger partial charge in [-0.25, -0.2) is 4.39 Å². The summed E-state index contributed by atoms with van der Waals surface area (Å²) in [5, 5.41) is 6.89. The molecule has 1 aromatic rings. The number of carboxylic acid groups (broad SMARTS) is 1. The highest BCUT2D eigenvalue weighted by molar-refractivity contribution is 5.94.